The molecule has 0 aliphatic rings. The van der Waals surface area contributed by atoms with Gasteiger partial charge in [-0.05, 0) is 12.8 Å². The maximum Gasteiger partial charge on any atom is 0.254 e. The highest BCUT2D eigenvalue weighted by Crippen LogP contribution is 2.05. The van der Waals surface area contributed by atoms with Crippen LogP contribution >= 0.6 is 0 Å². The molecule has 0 spiro atoms. The summed E-state index contributed by atoms with van der Waals surface area (Å²) in [6.07, 6.45) is 9.62. The third-order valence-electron chi connectivity index (χ3n) is 3.40. The molecule has 0 aliphatic carbocycles. The Labute approximate surface area is 128 Å². The lowest BCUT2D eigenvalue weighted by Crippen LogP contribution is -2.15. The maximum absolute atomic E-state index is 11.6. The van der Waals surface area contributed by atoms with Gasteiger partial charge in [-0.1, -0.05) is 52.4 Å². The first-order valence-corrected chi connectivity index (χ1v) is 8.35. The zero-order valence-corrected chi connectivity index (χ0v) is 13.5. The molecule has 1 aromatic heterocycles. The molecule has 1 rings (SSSR count). The predicted octanol–water partition coefficient (Wildman–Crippen LogP) is 3.75. The largest absolute Gasteiger partial charge is 0.370 e. The van der Waals surface area contributed by atoms with Gasteiger partial charge in [-0.15, -0.1) is 0 Å². The third-order valence-corrected chi connectivity index (χ3v) is 3.40. The van der Waals surface area contributed by atoms with E-state index in [1.807, 2.05) is 0 Å². The highest BCUT2D eigenvalue weighted by molar-refractivity contribution is 5.39. The molecule has 1 heterocycles. The zero-order chi connectivity index (χ0) is 15.3. The topological polar surface area (TPSA) is 69.8 Å². The van der Waals surface area contributed by atoms with Crippen molar-refractivity contribution in [2.45, 2.75) is 65.2 Å². The zero-order valence-electron chi connectivity index (χ0n) is 13.5. The van der Waals surface area contributed by atoms with Crippen molar-refractivity contribution in [1.29, 1.82) is 0 Å². The van der Waals surface area contributed by atoms with E-state index in [1.165, 1.54) is 44.6 Å². The molecule has 1 aromatic rings. The number of unbranched alkanes of at least 4 members (excludes halogenated alkanes) is 6. The lowest BCUT2D eigenvalue weighted by Gasteiger charge is -2.08. The van der Waals surface area contributed by atoms with Crippen LogP contribution in [0.3, 0.4) is 0 Å². The summed E-state index contributed by atoms with van der Waals surface area (Å²) in [6.45, 7) is 6.11. The minimum Gasteiger partial charge on any atom is -0.370 e. The Morgan fingerprint density at radius 2 is 1.57 bits per heavy atom. The van der Waals surface area contributed by atoms with E-state index in [4.69, 9.17) is 0 Å². The molecule has 5 heteroatoms. The average Bonchev–Trinajstić information content (AvgIpc) is 2.46. The quantitative estimate of drug-likeness (QED) is 0.513. The molecule has 0 bridgehead atoms. The van der Waals surface area contributed by atoms with Crippen LogP contribution in [0.1, 0.15) is 65.2 Å². The lowest BCUT2D eigenvalue weighted by molar-refractivity contribution is 0.682. The molecular formula is C16H30N4O. The van der Waals surface area contributed by atoms with Crippen LogP contribution in [-0.2, 0) is 0 Å². The fourth-order valence-corrected chi connectivity index (χ4v) is 2.16. The van der Waals surface area contributed by atoms with Gasteiger partial charge >= 0.3 is 0 Å². The fraction of sp³-hybridized carbons (Fsp3) is 0.750. The van der Waals surface area contributed by atoms with Gasteiger partial charge in [-0.3, -0.25) is 9.78 Å². The van der Waals surface area contributed by atoms with Crippen molar-refractivity contribution in [2.75, 3.05) is 23.7 Å². The van der Waals surface area contributed by atoms with Crippen molar-refractivity contribution in [3.05, 3.63) is 16.4 Å². The molecule has 120 valence electrons. The standard InChI is InChI=1S/C16H30N4O/c1-3-5-7-9-11-17-14-13-15(21)20-16(19-14)18-12-10-8-6-4-2/h13H,3-12H2,1-2H3,(H3,17,18,19,20,21). The Morgan fingerprint density at radius 1 is 0.952 bits per heavy atom. The van der Waals surface area contributed by atoms with Crippen molar-refractivity contribution in [3.8, 4) is 0 Å². The molecule has 0 radical (unpaired) electrons. The molecule has 0 fully saturated rings. The molecule has 21 heavy (non-hydrogen) atoms. The van der Waals surface area contributed by atoms with Gasteiger partial charge in [0.25, 0.3) is 5.56 Å². The van der Waals surface area contributed by atoms with Crippen molar-refractivity contribution in [3.63, 3.8) is 0 Å². The Bertz CT molecular complexity index is 395. The average molecular weight is 294 g/mol. The van der Waals surface area contributed by atoms with E-state index in [0.717, 1.165) is 25.9 Å². The van der Waals surface area contributed by atoms with Gasteiger partial charge in [0.1, 0.15) is 5.82 Å². The Kier molecular flexibility index (Phi) is 9.33. The number of aromatic amines is 1. The molecule has 3 N–H and O–H groups in total. The van der Waals surface area contributed by atoms with E-state index in [1.54, 1.807) is 0 Å². The number of hydrogen-bond donors (Lipinski definition) is 3. The fourth-order valence-electron chi connectivity index (χ4n) is 2.16. The summed E-state index contributed by atoms with van der Waals surface area (Å²) < 4.78 is 0. The number of aromatic nitrogens is 2. The normalized spacial score (nSPS) is 10.6. The van der Waals surface area contributed by atoms with Gasteiger partial charge in [0.05, 0.1) is 0 Å². The van der Waals surface area contributed by atoms with Gasteiger partial charge < -0.3 is 10.6 Å². The van der Waals surface area contributed by atoms with Crippen molar-refractivity contribution < 1.29 is 0 Å². The highest BCUT2D eigenvalue weighted by Gasteiger charge is 2.00. The summed E-state index contributed by atoms with van der Waals surface area (Å²) in [4.78, 5) is 18.7. The molecule has 0 amide bonds. The number of rotatable bonds is 12. The molecular weight excluding hydrogens is 264 g/mol. The van der Waals surface area contributed by atoms with E-state index in [2.05, 4.69) is 34.4 Å². The highest BCUT2D eigenvalue weighted by atomic mass is 16.1. The Hall–Kier alpha value is -1.52. The summed E-state index contributed by atoms with van der Waals surface area (Å²) in [5, 5.41) is 6.41. The van der Waals surface area contributed by atoms with Crippen LogP contribution in [0.5, 0.6) is 0 Å². The number of H-pyrrole nitrogens is 1. The second-order valence-corrected chi connectivity index (χ2v) is 5.45. The van der Waals surface area contributed by atoms with Crippen molar-refractivity contribution in [2.24, 2.45) is 0 Å². The van der Waals surface area contributed by atoms with Crippen LogP contribution in [0, 0.1) is 0 Å². The monoisotopic (exact) mass is 294 g/mol. The van der Waals surface area contributed by atoms with E-state index < -0.39 is 0 Å². The van der Waals surface area contributed by atoms with E-state index in [0.29, 0.717) is 11.8 Å². The van der Waals surface area contributed by atoms with E-state index >= 15 is 0 Å². The van der Waals surface area contributed by atoms with Gasteiger partial charge in [-0.25, -0.2) is 0 Å². The molecule has 0 aliphatic heterocycles. The minimum atomic E-state index is -0.114. The van der Waals surface area contributed by atoms with Gasteiger partial charge in [0, 0.05) is 19.2 Å². The molecule has 0 unspecified atom stereocenters. The number of nitrogens with zero attached hydrogens (tertiary/aromatic N) is 1. The molecule has 0 atom stereocenters. The van der Waals surface area contributed by atoms with E-state index in [-0.39, 0.29) is 5.56 Å². The molecule has 0 aromatic carbocycles. The Balaban J connectivity index is 2.34. The first-order chi connectivity index (χ1) is 10.3. The summed E-state index contributed by atoms with van der Waals surface area (Å²) in [7, 11) is 0. The maximum atomic E-state index is 11.6. The Morgan fingerprint density at radius 3 is 2.19 bits per heavy atom. The van der Waals surface area contributed by atoms with Crippen LogP contribution in [0.25, 0.3) is 0 Å². The van der Waals surface area contributed by atoms with Crippen LogP contribution in [0.4, 0.5) is 11.8 Å². The summed E-state index contributed by atoms with van der Waals surface area (Å²) in [6, 6.07) is 1.52. The first kappa shape index (κ1) is 17.5. The second-order valence-electron chi connectivity index (χ2n) is 5.45. The second kappa shape index (κ2) is 11.2. The smallest absolute Gasteiger partial charge is 0.254 e. The first-order valence-electron chi connectivity index (χ1n) is 8.35. The van der Waals surface area contributed by atoms with Crippen LogP contribution in [0.2, 0.25) is 0 Å². The third kappa shape index (κ3) is 8.38. The van der Waals surface area contributed by atoms with Crippen LogP contribution in [-0.4, -0.2) is 23.1 Å². The van der Waals surface area contributed by atoms with Crippen LogP contribution in [0.15, 0.2) is 10.9 Å². The lowest BCUT2D eigenvalue weighted by atomic mass is 10.2. The summed E-state index contributed by atoms with van der Waals surface area (Å²) >= 11 is 0. The van der Waals surface area contributed by atoms with Gasteiger partial charge in [-0.2, -0.15) is 4.98 Å². The van der Waals surface area contributed by atoms with Crippen LogP contribution < -0.4 is 16.2 Å². The summed E-state index contributed by atoms with van der Waals surface area (Å²) in [5.41, 5.74) is -0.114. The molecule has 5 nitrogen and oxygen atoms in total. The van der Waals surface area contributed by atoms with Gasteiger partial charge in [0.15, 0.2) is 0 Å². The molecule has 0 saturated heterocycles. The van der Waals surface area contributed by atoms with Crippen molar-refractivity contribution >= 4 is 11.8 Å². The van der Waals surface area contributed by atoms with E-state index in [9.17, 15) is 4.79 Å². The van der Waals surface area contributed by atoms with Gasteiger partial charge in [0.2, 0.25) is 5.95 Å². The summed E-state index contributed by atoms with van der Waals surface area (Å²) in [5.74, 6) is 1.22. The van der Waals surface area contributed by atoms with Crippen molar-refractivity contribution in [1.82, 2.24) is 9.97 Å². The SMILES string of the molecule is CCCCCCNc1cc(=O)[nH]c(NCCCCCC)n1. The predicted molar refractivity (Wildman–Crippen MR) is 90.1 cm³/mol. The number of anilines is 2. The molecule has 0 saturated carbocycles. The minimum absolute atomic E-state index is 0.114. The number of nitrogens with one attached hydrogen (secondary N) is 3. The number of hydrogen-bond acceptors (Lipinski definition) is 4.